The number of aliphatic hydroxyl groups excluding tert-OH is 1. The van der Waals surface area contributed by atoms with Gasteiger partial charge in [-0.3, -0.25) is 4.79 Å². The van der Waals surface area contributed by atoms with E-state index in [4.69, 9.17) is 0 Å². The number of aromatic carboxylic acids is 1. The lowest BCUT2D eigenvalue weighted by Crippen LogP contribution is -2.46. The van der Waals surface area contributed by atoms with Crippen LogP contribution in [-0.2, 0) is 16.8 Å². The summed E-state index contributed by atoms with van der Waals surface area (Å²) in [6.07, 6.45) is 7.51. The third-order valence-electron chi connectivity index (χ3n) is 9.31. The number of Topliss-reactive ketones (excluding diaryl/α,β-unsaturated/α-hetero) is 1. The molecule has 6 rings (SSSR count). The van der Waals surface area contributed by atoms with Crippen molar-refractivity contribution in [2.24, 2.45) is 5.92 Å². The van der Waals surface area contributed by atoms with Gasteiger partial charge >= 0.3 is 5.97 Å². The Bertz CT molecular complexity index is 1850. The topological polar surface area (TPSA) is 82.5 Å². The maximum atomic E-state index is 13.7. The van der Waals surface area contributed by atoms with Crippen molar-refractivity contribution < 1.29 is 24.4 Å². The molecule has 0 spiro atoms. The lowest BCUT2D eigenvalue weighted by atomic mass is 9.72. The maximum absolute atomic E-state index is 13.7. The first-order valence-corrected chi connectivity index (χ1v) is 15.2. The van der Waals surface area contributed by atoms with E-state index in [1.807, 2.05) is 39.0 Å². The molecule has 0 saturated heterocycles. The largest absolute Gasteiger partial charge is 0.478 e. The van der Waals surface area contributed by atoms with Crippen molar-refractivity contribution in [3.05, 3.63) is 82.7 Å². The number of carbonyl (C=O) groups excluding carboxylic acids is 1. The SMILES string of the molecule is CCCCCCn1/c(=C\C2C(=O)/C(=C/C3=[N+](CC)c4ccc(C(=O)O)cc4C3(C)C)C2O)c2cccc3cccc1c32. The molecule has 0 amide bonds. The smallest absolute Gasteiger partial charge is 0.335 e. The summed E-state index contributed by atoms with van der Waals surface area (Å²) in [5, 5.41) is 25.5. The number of fused-ring (bicyclic) bond motifs is 1. The number of aryl methyl sites for hydroxylation is 1. The molecule has 0 radical (unpaired) electrons. The molecule has 42 heavy (non-hydrogen) atoms. The first-order chi connectivity index (χ1) is 20.2. The number of hydrogen-bond donors (Lipinski definition) is 2. The van der Waals surface area contributed by atoms with Gasteiger partial charge in [-0.05, 0) is 56.9 Å². The van der Waals surface area contributed by atoms with Crippen LogP contribution in [0.3, 0.4) is 0 Å². The number of aromatic nitrogens is 1. The molecular formula is C36H39N2O4+. The van der Waals surface area contributed by atoms with Crippen molar-refractivity contribution in [2.45, 2.75) is 71.4 Å². The molecule has 2 N–H and O–H groups in total. The second kappa shape index (κ2) is 10.7. The number of carboxylic acid groups (broad SMARTS) is 1. The van der Waals surface area contributed by atoms with Gasteiger partial charge in [0, 0.05) is 51.5 Å². The third-order valence-corrected chi connectivity index (χ3v) is 9.31. The fourth-order valence-corrected chi connectivity index (χ4v) is 6.98. The number of hydrogen-bond acceptors (Lipinski definition) is 3. The van der Waals surface area contributed by atoms with E-state index in [-0.39, 0.29) is 11.3 Å². The fourth-order valence-electron chi connectivity index (χ4n) is 6.98. The molecule has 1 aromatic heterocycles. The summed E-state index contributed by atoms with van der Waals surface area (Å²) in [5.41, 5.74) is 4.04. The molecule has 2 atom stereocenters. The van der Waals surface area contributed by atoms with Gasteiger partial charge in [0.25, 0.3) is 0 Å². The number of carbonyl (C=O) groups is 2. The fraction of sp³-hybridized carbons (Fsp3) is 0.361. The second-order valence-electron chi connectivity index (χ2n) is 12.2. The zero-order valence-corrected chi connectivity index (χ0v) is 24.9. The van der Waals surface area contributed by atoms with Crippen molar-refractivity contribution in [2.75, 3.05) is 6.54 Å². The Balaban J connectivity index is 1.39. The Morgan fingerprint density at radius 1 is 1.05 bits per heavy atom. The summed E-state index contributed by atoms with van der Waals surface area (Å²) in [4.78, 5) is 25.4. The van der Waals surface area contributed by atoms with Crippen molar-refractivity contribution in [1.29, 1.82) is 0 Å². The van der Waals surface area contributed by atoms with Crippen LogP contribution in [0.2, 0.25) is 0 Å². The molecule has 3 aromatic carbocycles. The van der Waals surface area contributed by atoms with Crippen molar-refractivity contribution in [3.63, 3.8) is 0 Å². The van der Waals surface area contributed by atoms with Crippen LogP contribution < -0.4 is 5.35 Å². The van der Waals surface area contributed by atoms with E-state index in [1.165, 1.54) is 29.1 Å². The monoisotopic (exact) mass is 563 g/mol. The van der Waals surface area contributed by atoms with Crippen LogP contribution in [0.25, 0.3) is 27.8 Å². The summed E-state index contributed by atoms with van der Waals surface area (Å²) >= 11 is 0. The molecule has 1 aliphatic heterocycles. The molecule has 2 heterocycles. The lowest BCUT2D eigenvalue weighted by molar-refractivity contribution is -0.433. The minimum Gasteiger partial charge on any atom is -0.478 e. The molecule has 4 aromatic rings. The average molecular weight is 564 g/mol. The third kappa shape index (κ3) is 4.31. The molecule has 6 nitrogen and oxygen atoms in total. The standard InChI is InChI=1S/C36H38N2O4/c1-5-7-8-9-18-38-29-15-11-13-22-12-10-14-24(32(22)29)30(38)20-25-33(39)26(34(25)40)21-31-36(3,4)27-19-23(35(41)42)16-17-28(27)37(31)6-2/h10-17,19-21,25,33,39H,5-9,18H2,1-4H3/p+1/b26-21+,30-20-. The number of ketones is 1. The predicted molar refractivity (Wildman–Crippen MR) is 168 cm³/mol. The van der Waals surface area contributed by atoms with Crippen LogP contribution in [0, 0.1) is 5.92 Å². The van der Waals surface area contributed by atoms with E-state index in [0.29, 0.717) is 12.1 Å². The van der Waals surface area contributed by atoms with Gasteiger partial charge in [0.1, 0.15) is 6.54 Å². The predicted octanol–water partition coefficient (Wildman–Crippen LogP) is 6.15. The van der Waals surface area contributed by atoms with Gasteiger partial charge in [-0.1, -0.05) is 56.5 Å². The van der Waals surface area contributed by atoms with Gasteiger partial charge in [-0.25, -0.2) is 4.79 Å². The number of rotatable bonds is 9. The first-order valence-electron chi connectivity index (χ1n) is 15.2. The van der Waals surface area contributed by atoms with Gasteiger partial charge in [0.05, 0.1) is 23.0 Å². The molecule has 1 fully saturated rings. The van der Waals surface area contributed by atoms with Crippen LogP contribution in [-0.4, -0.2) is 49.5 Å². The number of unbranched alkanes of at least 4 members (excludes halogenated alkanes) is 3. The lowest BCUT2D eigenvalue weighted by Gasteiger charge is -2.32. The zero-order chi connectivity index (χ0) is 29.8. The Labute approximate surface area is 246 Å². The number of nitrogens with zero attached hydrogens (tertiary/aromatic N) is 2. The average Bonchev–Trinajstić information content (AvgIpc) is 3.40. The minimum atomic E-state index is -0.965. The Hall–Kier alpha value is -4.03. The van der Waals surface area contributed by atoms with E-state index in [2.05, 4.69) is 52.5 Å². The maximum Gasteiger partial charge on any atom is 0.335 e. The quantitative estimate of drug-likeness (QED) is 0.145. The number of aliphatic hydroxyl groups is 1. The highest BCUT2D eigenvalue weighted by molar-refractivity contribution is 6.16. The van der Waals surface area contributed by atoms with E-state index in [9.17, 15) is 19.8 Å². The second-order valence-corrected chi connectivity index (χ2v) is 12.2. The highest BCUT2D eigenvalue weighted by Gasteiger charge is 2.48. The Morgan fingerprint density at radius 3 is 2.50 bits per heavy atom. The molecule has 2 aliphatic rings. The first kappa shape index (κ1) is 28.1. The Kier molecular flexibility index (Phi) is 7.14. The van der Waals surface area contributed by atoms with Gasteiger partial charge in [-0.15, -0.1) is 0 Å². The van der Waals surface area contributed by atoms with Crippen LogP contribution in [0.1, 0.15) is 69.3 Å². The zero-order valence-electron chi connectivity index (χ0n) is 24.9. The van der Waals surface area contributed by atoms with Gasteiger partial charge in [-0.2, -0.15) is 4.58 Å². The molecule has 216 valence electrons. The Morgan fingerprint density at radius 2 is 1.81 bits per heavy atom. The summed E-state index contributed by atoms with van der Waals surface area (Å²) in [5.74, 6) is -1.64. The summed E-state index contributed by atoms with van der Waals surface area (Å²) in [7, 11) is 0. The number of allylic oxidation sites excluding steroid dienone is 1. The van der Waals surface area contributed by atoms with E-state index in [1.54, 1.807) is 12.1 Å². The number of carboxylic acids is 1. The summed E-state index contributed by atoms with van der Waals surface area (Å²) in [6.45, 7) is 9.86. The minimum absolute atomic E-state index is 0.0643. The van der Waals surface area contributed by atoms with Crippen LogP contribution in [0.15, 0.2) is 66.2 Å². The van der Waals surface area contributed by atoms with Crippen LogP contribution >= 0.6 is 0 Å². The van der Waals surface area contributed by atoms with Gasteiger partial charge in [0.15, 0.2) is 11.5 Å². The van der Waals surface area contributed by atoms with E-state index >= 15 is 0 Å². The molecule has 1 saturated carbocycles. The van der Waals surface area contributed by atoms with Crippen LogP contribution in [0.4, 0.5) is 5.69 Å². The highest BCUT2D eigenvalue weighted by Crippen LogP contribution is 2.42. The molecule has 6 heteroatoms. The van der Waals surface area contributed by atoms with Crippen LogP contribution in [0.5, 0.6) is 0 Å². The molecular weight excluding hydrogens is 524 g/mol. The normalized spacial score (nSPS) is 21.1. The molecule has 1 aliphatic carbocycles. The van der Waals surface area contributed by atoms with Gasteiger partial charge < -0.3 is 14.8 Å². The highest BCUT2D eigenvalue weighted by atomic mass is 16.4. The van der Waals surface area contributed by atoms with Crippen molar-refractivity contribution in [3.8, 4) is 0 Å². The summed E-state index contributed by atoms with van der Waals surface area (Å²) < 4.78 is 4.45. The summed E-state index contributed by atoms with van der Waals surface area (Å²) in [6, 6.07) is 17.9. The molecule has 2 unspecified atom stereocenters. The van der Waals surface area contributed by atoms with Gasteiger partial charge in [0.2, 0.25) is 5.69 Å². The van der Waals surface area contributed by atoms with Crippen molar-refractivity contribution in [1.82, 2.24) is 4.57 Å². The van der Waals surface area contributed by atoms with Crippen molar-refractivity contribution >= 4 is 50.9 Å². The molecule has 0 bridgehead atoms. The number of benzene rings is 3. The van der Waals surface area contributed by atoms with E-state index < -0.39 is 23.4 Å². The van der Waals surface area contributed by atoms with E-state index in [0.717, 1.165) is 47.1 Å².